The van der Waals surface area contributed by atoms with Gasteiger partial charge in [0, 0.05) is 32.3 Å². The van der Waals surface area contributed by atoms with Crippen LogP contribution in [0, 0.1) is 5.41 Å². The van der Waals surface area contributed by atoms with Crippen molar-refractivity contribution in [2.24, 2.45) is 5.41 Å². The Morgan fingerprint density at radius 3 is 1.86 bits per heavy atom. The fourth-order valence-corrected chi connectivity index (χ4v) is 0.909. The maximum atomic E-state index is 11.1. The van der Waals surface area contributed by atoms with Gasteiger partial charge in [-0.2, -0.15) is 0 Å². The van der Waals surface area contributed by atoms with Crippen molar-refractivity contribution < 1.29 is 45.3 Å². The summed E-state index contributed by atoms with van der Waals surface area (Å²) in [7, 11) is 0. The Balaban J connectivity index is 0. The normalized spacial score (nSPS) is 10.2. The third-order valence-corrected chi connectivity index (χ3v) is 1.32. The zero-order valence-corrected chi connectivity index (χ0v) is 12.2. The second kappa shape index (κ2) is 6.22. The van der Waals surface area contributed by atoms with Gasteiger partial charge in [0.2, 0.25) is 5.78 Å². The molecule has 0 bridgehead atoms. The molecule has 0 saturated carbocycles. The van der Waals surface area contributed by atoms with Gasteiger partial charge in [-0.3, -0.25) is 9.59 Å². The maximum absolute atomic E-state index is 11.1. The molecular weight excluding hydrogens is 351 g/mol. The predicted octanol–water partition coefficient (Wildman–Crippen LogP) is 1.03. The number of hydrogen-bond donors (Lipinski definition) is 1. The molecule has 5 heteroatoms. The number of carboxylic acids is 1. The van der Waals surface area contributed by atoms with Crippen molar-refractivity contribution in [3.05, 3.63) is 0 Å². The summed E-state index contributed by atoms with van der Waals surface area (Å²) in [4.78, 5) is 31.8. The first-order valence-corrected chi connectivity index (χ1v) is 4.00. The summed E-state index contributed by atoms with van der Waals surface area (Å²) in [5, 5.41) is 8.23. The molecule has 0 atom stereocenters. The molecule has 0 rings (SSSR count). The summed E-state index contributed by atoms with van der Waals surface area (Å²) >= 11 is 0. The fourth-order valence-electron chi connectivity index (χ4n) is 0.909. The minimum absolute atomic E-state index is 0. The van der Waals surface area contributed by atoms with Gasteiger partial charge in [-0.15, -0.1) is 0 Å². The minimum Gasteiger partial charge on any atom is -0.475 e. The molecule has 0 spiro atoms. The Kier molecular flexibility index (Phi) is 7.16. The van der Waals surface area contributed by atoms with Crippen LogP contribution in [0.15, 0.2) is 0 Å². The maximum Gasteiger partial charge on any atom is 0.372 e. The van der Waals surface area contributed by atoms with E-state index in [4.69, 9.17) is 5.11 Å². The standard InChI is InChI=1S/C9H14O4.Hf/c1-9(2,3)5-6(10)4-7(11)8(12)13;/h4-5H2,1-3H3,(H,12,13);. The molecule has 0 aromatic rings. The van der Waals surface area contributed by atoms with Gasteiger partial charge in [0.15, 0.2) is 0 Å². The number of rotatable bonds is 4. The molecule has 1 N–H and O–H groups in total. The van der Waals surface area contributed by atoms with Crippen molar-refractivity contribution in [1.82, 2.24) is 0 Å². The zero-order chi connectivity index (χ0) is 10.6. The van der Waals surface area contributed by atoms with Crippen molar-refractivity contribution >= 4 is 17.5 Å². The van der Waals surface area contributed by atoms with Crippen LogP contribution in [0.4, 0.5) is 0 Å². The number of ketones is 2. The number of carbonyl (C=O) groups is 3. The summed E-state index contributed by atoms with van der Waals surface area (Å²) in [5.41, 5.74) is -0.199. The molecule has 0 aromatic heterocycles. The Labute approximate surface area is 102 Å². The molecule has 0 aliphatic heterocycles. The van der Waals surface area contributed by atoms with Crippen LogP contribution >= 0.6 is 0 Å². The smallest absolute Gasteiger partial charge is 0.372 e. The molecule has 0 unspecified atom stereocenters. The SMILES string of the molecule is CC(C)(C)CC(=O)CC(=O)C(=O)O.[Hf]. The molecular formula is C9H14HfO4. The van der Waals surface area contributed by atoms with Crippen LogP contribution in [0.5, 0.6) is 0 Å². The Bertz CT molecular complexity index is 240. The van der Waals surface area contributed by atoms with Crippen LogP contribution < -0.4 is 0 Å². The molecule has 14 heavy (non-hydrogen) atoms. The van der Waals surface area contributed by atoms with Gasteiger partial charge in [0.25, 0.3) is 0 Å². The van der Waals surface area contributed by atoms with Crippen molar-refractivity contribution in [3.63, 3.8) is 0 Å². The number of hydrogen-bond acceptors (Lipinski definition) is 3. The molecule has 4 nitrogen and oxygen atoms in total. The van der Waals surface area contributed by atoms with Gasteiger partial charge in [-0.05, 0) is 5.41 Å². The van der Waals surface area contributed by atoms with Gasteiger partial charge in [0.1, 0.15) is 5.78 Å². The van der Waals surface area contributed by atoms with E-state index >= 15 is 0 Å². The van der Waals surface area contributed by atoms with Crippen LogP contribution in [0.1, 0.15) is 33.6 Å². The first-order chi connectivity index (χ1) is 5.72. The third kappa shape index (κ3) is 8.29. The number of aliphatic carboxylic acids is 1. The second-order valence-corrected chi connectivity index (χ2v) is 4.18. The molecule has 0 amide bonds. The van der Waals surface area contributed by atoms with Crippen molar-refractivity contribution in [2.45, 2.75) is 33.6 Å². The number of carbonyl (C=O) groups excluding carboxylic acids is 2. The first-order valence-electron chi connectivity index (χ1n) is 4.00. The Morgan fingerprint density at radius 1 is 1.14 bits per heavy atom. The van der Waals surface area contributed by atoms with E-state index in [9.17, 15) is 14.4 Å². The van der Waals surface area contributed by atoms with E-state index in [0.29, 0.717) is 0 Å². The van der Waals surface area contributed by atoms with Crippen LogP contribution in [0.25, 0.3) is 0 Å². The van der Waals surface area contributed by atoms with E-state index in [-0.39, 0.29) is 43.5 Å². The van der Waals surface area contributed by atoms with E-state index in [0.717, 1.165) is 0 Å². The quantitative estimate of drug-likeness (QED) is 0.459. The van der Waals surface area contributed by atoms with E-state index in [1.165, 1.54) is 0 Å². The fraction of sp³-hybridized carbons (Fsp3) is 0.667. The van der Waals surface area contributed by atoms with Gasteiger partial charge < -0.3 is 5.11 Å². The average molecular weight is 365 g/mol. The Hall–Kier alpha value is -0.320. The Morgan fingerprint density at radius 2 is 1.57 bits per heavy atom. The van der Waals surface area contributed by atoms with Crippen LogP contribution in [0.2, 0.25) is 0 Å². The molecule has 0 radical (unpaired) electrons. The van der Waals surface area contributed by atoms with Gasteiger partial charge in [-0.25, -0.2) is 4.79 Å². The topological polar surface area (TPSA) is 71.4 Å². The van der Waals surface area contributed by atoms with Crippen molar-refractivity contribution in [1.29, 1.82) is 0 Å². The zero-order valence-electron chi connectivity index (χ0n) is 8.59. The first kappa shape index (κ1) is 16.1. The van der Waals surface area contributed by atoms with Gasteiger partial charge >= 0.3 is 5.97 Å². The number of carboxylic acid groups (broad SMARTS) is 1. The largest absolute Gasteiger partial charge is 0.475 e. The van der Waals surface area contributed by atoms with Crippen molar-refractivity contribution in [3.8, 4) is 0 Å². The molecule has 78 valence electrons. The van der Waals surface area contributed by atoms with E-state index in [2.05, 4.69) is 0 Å². The second-order valence-electron chi connectivity index (χ2n) is 4.18. The van der Waals surface area contributed by atoms with Crippen LogP contribution in [-0.2, 0) is 40.2 Å². The summed E-state index contributed by atoms with van der Waals surface area (Å²) in [6, 6.07) is 0. The average Bonchev–Trinajstić information content (AvgIpc) is 1.81. The van der Waals surface area contributed by atoms with Crippen molar-refractivity contribution in [2.75, 3.05) is 0 Å². The molecule has 0 saturated heterocycles. The number of Topliss-reactive ketones (excluding diaryl/α,β-unsaturated/α-hetero) is 2. The van der Waals surface area contributed by atoms with Crippen LogP contribution in [0.3, 0.4) is 0 Å². The van der Waals surface area contributed by atoms with Gasteiger partial charge in [-0.1, -0.05) is 20.8 Å². The van der Waals surface area contributed by atoms with Crippen LogP contribution in [-0.4, -0.2) is 22.6 Å². The van der Waals surface area contributed by atoms with Gasteiger partial charge in [0.05, 0.1) is 6.42 Å². The van der Waals surface area contributed by atoms with E-state index in [1.54, 1.807) is 0 Å². The molecule has 0 fully saturated rings. The molecule has 0 aliphatic carbocycles. The van der Waals surface area contributed by atoms with E-state index < -0.39 is 18.2 Å². The molecule has 0 aromatic carbocycles. The minimum atomic E-state index is -1.54. The summed E-state index contributed by atoms with van der Waals surface area (Å²) < 4.78 is 0. The molecule has 0 heterocycles. The summed E-state index contributed by atoms with van der Waals surface area (Å²) in [5.74, 6) is -2.89. The monoisotopic (exact) mass is 366 g/mol. The third-order valence-electron chi connectivity index (χ3n) is 1.32. The summed E-state index contributed by atoms with van der Waals surface area (Å²) in [6.45, 7) is 5.57. The summed E-state index contributed by atoms with van der Waals surface area (Å²) in [6.07, 6.45) is -0.265. The molecule has 0 aliphatic rings. The predicted molar refractivity (Wildman–Crippen MR) is 46.3 cm³/mol. The van der Waals surface area contributed by atoms with E-state index in [1.807, 2.05) is 20.8 Å².